The molecule has 0 unspecified atom stereocenters. The number of likely N-dealkylation sites (tertiary alicyclic amines) is 2. The average Bonchev–Trinajstić information content (AvgIpc) is 3.08. The van der Waals surface area contributed by atoms with E-state index in [2.05, 4.69) is 27.1 Å². The van der Waals surface area contributed by atoms with Crippen LogP contribution in [0.5, 0.6) is 0 Å². The summed E-state index contributed by atoms with van der Waals surface area (Å²) in [6.07, 6.45) is 4.10. The molecular weight excluding hydrogens is 421 g/mol. The number of nitrogens with zero attached hydrogens (tertiary/aromatic N) is 4. The van der Waals surface area contributed by atoms with Gasteiger partial charge in [0.1, 0.15) is 5.82 Å². The van der Waals surface area contributed by atoms with Crippen LogP contribution in [0.1, 0.15) is 32.6 Å². The minimum absolute atomic E-state index is 0.133. The maximum absolute atomic E-state index is 13.9. The van der Waals surface area contributed by atoms with Crippen LogP contribution in [-0.2, 0) is 11.5 Å². The Kier molecular flexibility index (Phi) is 6.80. The highest BCUT2D eigenvalue weighted by atomic mass is 32.1. The van der Waals surface area contributed by atoms with Crippen molar-refractivity contribution in [3.63, 3.8) is 0 Å². The Balaban J connectivity index is 1.31. The summed E-state index contributed by atoms with van der Waals surface area (Å²) in [4.78, 5) is 17.2. The molecule has 162 valence electrons. The molecule has 0 spiro atoms. The number of para-hydroxylation sites is 1. The van der Waals surface area contributed by atoms with Crippen LogP contribution in [0.3, 0.4) is 0 Å². The fourth-order valence-corrected chi connectivity index (χ4v) is 5.29. The highest BCUT2D eigenvalue weighted by Gasteiger charge is 2.30. The number of benzene rings is 1. The number of hydrogen-bond donors (Lipinski definition) is 1. The van der Waals surface area contributed by atoms with Gasteiger partial charge in [-0.15, -0.1) is 5.10 Å². The Bertz CT molecular complexity index is 937. The fraction of sp³-hybridized carbons (Fsp3) is 0.571. The van der Waals surface area contributed by atoms with Crippen molar-refractivity contribution >= 4 is 40.3 Å². The molecule has 1 aromatic heterocycles. The van der Waals surface area contributed by atoms with Gasteiger partial charge in [0.05, 0.1) is 12.4 Å². The second-order valence-corrected chi connectivity index (χ2v) is 9.97. The second kappa shape index (κ2) is 9.53. The first-order valence-electron chi connectivity index (χ1n) is 10.6. The van der Waals surface area contributed by atoms with Gasteiger partial charge in [-0.2, -0.15) is 0 Å². The van der Waals surface area contributed by atoms with E-state index >= 15 is 0 Å². The third-order valence-electron chi connectivity index (χ3n) is 5.96. The third kappa shape index (κ3) is 5.07. The van der Waals surface area contributed by atoms with Gasteiger partial charge in [-0.25, -0.2) is 9.07 Å². The van der Waals surface area contributed by atoms with Gasteiger partial charge in [-0.05, 0) is 56.0 Å². The predicted octanol–water partition coefficient (Wildman–Crippen LogP) is 4.48. The molecule has 4 rings (SSSR count). The van der Waals surface area contributed by atoms with Gasteiger partial charge in [0.2, 0.25) is 11.0 Å². The van der Waals surface area contributed by atoms with Crippen molar-refractivity contribution in [2.45, 2.75) is 39.3 Å². The van der Waals surface area contributed by atoms with Crippen LogP contribution in [-0.4, -0.2) is 51.7 Å². The summed E-state index contributed by atoms with van der Waals surface area (Å²) >= 11 is 6.78. The first kappa shape index (κ1) is 21.4. The Morgan fingerprint density at radius 3 is 2.77 bits per heavy atom. The van der Waals surface area contributed by atoms with Crippen molar-refractivity contribution < 1.29 is 9.18 Å². The Morgan fingerprint density at radius 2 is 2.03 bits per heavy atom. The van der Waals surface area contributed by atoms with Crippen LogP contribution in [0, 0.1) is 21.6 Å². The number of carbonyl (C=O) groups excluding carboxylic acids is 1. The molecule has 0 bridgehead atoms. The van der Waals surface area contributed by atoms with Gasteiger partial charge in [0.15, 0.2) is 3.95 Å². The van der Waals surface area contributed by atoms with Gasteiger partial charge in [0, 0.05) is 32.1 Å². The lowest BCUT2D eigenvalue weighted by Crippen LogP contribution is -2.46. The number of piperidine rings is 2. The molecule has 1 atom stereocenters. The molecule has 2 aliphatic rings. The van der Waals surface area contributed by atoms with E-state index in [9.17, 15) is 9.18 Å². The first-order valence-corrected chi connectivity index (χ1v) is 11.8. The molecule has 0 aliphatic carbocycles. The molecule has 1 N–H and O–H groups in total. The summed E-state index contributed by atoms with van der Waals surface area (Å²) in [6.45, 7) is 6.36. The van der Waals surface area contributed by atoms with Crippen molar-refractivity contribution in [2.24, 2.45) is 11.8 Å². The molecule has 2 aliphatic heterocycles. The van der Waals surface area contributed by atoms with Crippen LogP contribution in [0.2, 0.25) is 0 Å². The molecule has 2 fully saturated rings. The zero-order valence-electron chi connectivity index (χ0n) is 17.2. The summed E-state index contributed by atoms with van der Waals surface area (Å²) in [7, 11) is 0. The Hall–Kier alpha value is -1.84. The predicted molar refractivity (Wildman–Crippen MR) is 120 cm³/mol. The Labute approximate surface area is 185 Å². The lowest BCUT2D eigenvalue weighted by molar-refractivity contribution is -0.139. The molecule has 2 saturated heterocycles. The fourth-order valence-electron chi connectivity index (χ4n) is 4.28. The largest absolute Gasteiger partial charge is 0.342 e. The summed E-state index contributed by atoms with van der Waals surface area (Å²) < 4.78 is 16.3. The highest BCUT2D eigenvalue weighted by Crippen LogP contribution is 2.25. The molecule has 2 aromatic rings. The van der Waals surface area contributed by atoms with Crippen LogP contribution in [0.4, 0.5) is 15.2 Å². The Morgan fingerprint density at radius 1 is 1.27 bits per heavy atom. The monoisotopic (exact) mass is 449 g/mol. The number of rotatable bonds is 5. The zero-order chi connectivity index (χ0) is 21.1. The summed E-state index contributed by atoms with van der Waals surface area (Å²) in [6, 6.07) is 6.52. The molecule has 6 nitrogen and oxygen atoms in total. The van der Waals surface area contributed by atoms with E-state index in [-0.39, 0.29) is 11.7 Å². The van der Waals surface area contributed by atoms with Crippen LogP contribution in [0.25, 0.3) is 0 Å². The number of nitrogens with one attached hydrogen (secondary N) is 1. The molecule has 0 radical (unpaired) electrons. The number of halogens is 1. The van der Waals surface area contributed by atoms with Crippen molar-refractivity contribution in [3.05, 3.63) is 34.0 Å². The van der Waals surface area contributed by atoms with E-state index in [0.29, 0.717) is 33.3 Å². The van der Waals surface area contributed by atoms with Crippen molar-refractivity contribution in [1.29, 1.82) is 0 Å². The zero-order valence-corrected chi connectivity index (χ0v) is 18.9. The van der Waals surface area contributed by atoms with Crippen molar-refractivity contribution in [1.82, 2.24) is 19.6 Å². The third-order valence-corrected chi connectivity index (χ3v) is 7.18. The van der Waals surface area contributed by atoms with Gasteiger partial charge < -0.3 is 10.2 Å². The highest BCUT2D eigenvalue weighted by molar-refractivity contribution is 7.73. The molecule has 3 heterocycles. The minimum Gasteiger partial charge on any atom is -0.342 e. The lowest BCUT2D eigenvalue weighted by atomic mass is 9.93. The van der Waals surface area contributed by atoms with E-state index in [0.717, 1.165) is 45.4 Å². The normalized spacial score (nSPS) is 21.0. The van der Waals surface area contributed by atoms with Crippen LogP contribution in [0.15, 0.2) is 24.3 Å². The van der Waals surface area contributed by atoms with Crippen LogP contribution < -0.4 is 5.32 Å². The number of aromatic nitrogens is 2. The van der Waals surface area contributed by atoms with E-state index in [4.69, 9.17) is 12.2 Å². The number of carbonyl (C=O) groups is 1. The summed E-state index contributed by atoms with van der Waals surface area (Å²) in [5.41, 5.74) is 0.389. The molecule has 1 amide bonds. The van der Waals surface area contributed by atoms with Gasteiger partial charge in [-0.3, -0.25) is 9.69 Å². The lowest BCUT2D eigenvalue weighted by Gasteiger charge is -2.37. The van der Waals surface area contributed by atoms with Crippen molar-refractivity contribution in [3.8, 4) is 0 Å². The van der Waals surface area contributed by atoms with E-state index in [1.807, 2.05) is 0 Å². The number of anilines is 2. The SMILES string of the molecule is C[C@@H]1CCCN(C(=O)C2CCN(Cn3nc(Nc4ccccc4F)sc3=S)CC2)C1. The van der Waals surface area contributed by atoms with Gasteiger partial charge in [0.25, 0.3) is 0 Å². The van der Waals surface area contributed by atoms with E-state index < -0.39 is 0 Å². The van der Waals surface area contributed by atoms with Gasteiger partial charge >= 0.3 is 0 Å². The number of amides is 1. The van der Waals surface area contributed by atoms with Gasteiger partial charge in [-0.1, -0.05) is 30.4 Å². The quantitative estimate of drug-likeness (QED) is 0.682. The molecule has 1 aromatic carbocycles. The minimum atomic E-state index is -0.319. The van der Waals surface area contributed by atoms with E-state index in [1.165, 1.54) is 23.8 Å². The maximum atomic E-state index is 13.9. The number of hydrogen-bond acceptors (Lipinski definition) is 6. The summed E-state index contributed by atoms with van der Waals surface area (Å²) in [5.74, 6) is 0.762. The van der Waals surface area contributed by atoms with E-state index in [1.54, 1.807) is 22.9 Å². The second-order valence-electron chi connectivity index (χ2n) is 8.34. The standard InChI is InChI=1S/C21H28FN5OS2/c1-15-5-4-10-26(13-15)19(28)16-8-11-25(12-9-16)14-27-21(29)30-20(24-27)23-18-7-3-2-6-17(18)22/h2-3,6-7,15-16H,4-5,8-14H2,1H3,(H,23,24)/t15-/m1/s1. The smallest absolute Gasteiger partial charge is 0.225 e. The van der Waals surface area contributed by atoms with Crippen LogP contribution >= 0.6 is 23.6 Å². The average molecular weight is 450 g/mol. The first-order chi connectivity index (χ1) is 14.5. The maximum Gasteiger partial charge on any atom is 0.225 e. The molecule has 9 heteroatoms. The molecule has 0 saturated carbocycles. The molecule has 30 heavy (non-hydrogen) atoms. The van der Waals surface area contributed by atoms with Crippen molar-refractivity contribution in [2.75, 3.05) is 31.5 Å². The molecular formula is C21H28FN5OS2. The summed E-state index contributed by atoms with van der Waals surface area (Å²) in [5, 5.41) is 8.10. The topological polar surface area (TPSA) is 53.4 Å².